The Kier molecular flexibility index (Phi) is 3.07. The molecule has 0 amide bonds. The molecule has 4 N–H and O–H groups in total. The van der Waals surface area contributed by atoms with E-state index in [-0.39, 0.29) is 17.4 Å². The first kappa shape index (κ1) is 14.7. The number of aromatic nitrogens is 2. The van der Waals surface area contributed by atoms with Gasteiger partial charge in [0, 0.05) is 0 Å². The van der Waals surface area contributed by atoms with Gasteiger partial charge in [0.25, 0.3) is 5.88 Å². The van der Waals surface area contributed by atoms with Crippen LogP contribution in [0.2, 0.25) is 0 Å². The normalized spacial score (nSPS) is 37.0. The van der Waals surface area contributed by atoms with Crippen molar-refractivity contribution in [1.82, 2.24) is 9.71 Å². The molecule has 126 valence electrons. The van der Waals surface area contributed by atoms with Crippen LogP contribution in [0.5, 0.6) is 11.6 Å². The first-order valence-electron chi connectivity index (χ1n) is 6.32. The monoisotopic (exact) mass is 351 g/mol. The standard InChI is InChI=1S/C9H10N3O10P/c13-1-2-3(14)4(8(15)18-2)19-12-6-5-7(10-9(12)16)21-23(17,20-5)22-11-6/h2-4,8,11,13-15H,1H2/t2-,3-,4+,8-,23?/m1/s1. The lowest BCUT2D eigenvalue weighted by Crippen LogP contribution is -2.46. The van der Waals surface area contributed by atoms with Crippen LogP contribution in [0.4, 0.5) is 5.82 Å². The molecule has 1 aromatic rings. The average Bonchev–Trinajstić information content (AvgIpc) is 2.94. The van der Waals surface area contributed by atoms with E-state index in [0.29, 0.717) is 4.73 Å². The Labute approximate surface area is 126 Å². The van der Waals surface area contributed by atoms with Gasteiger partial charge in [-0.2, -0.15) is 4.98 Å². The van der Waals surface area contributed by atoms with Crippen LogP contribution >= 0.6 is 7.82 Å². The van der Waals surface area contributed by atoms with Crippen LogP contribution in [-0.2, 0) is 13.9 Å². The molecule has 0 aliphatic carbocycles. The molecular weight excluding hydrogens is 341 g/mol. The molecule has 1 fully saturated rings. The number of phosphoric acid groups is 1. The summed E-state index contributed by atoms with van der Waals surface area (Å²) in [6.07, 6.45) is -5.52. The van der Waals surface area contributed by atoms with Crippen molar-refractivity contribution in [2.24, 2.45) is 0 Å². The summed E-state index contributed by atoms with van der Waals surface area (Å²) in [6, 6.07) is 0. The summed E-state index contributed by atoms with van der Waals surface area (Å²) in [7, 11) is -3.91. The zero-order valence-corrected chi connectivity index (χ0v) is 12.0. The van der Waals surface area contributed by atoms with Gasteiger partial charge in [0.05, 0.1) is 6.61 Å². The van der Waals surface area contributed by atoms with E-state index in [1.54, 1.807) is 0 Å². The van der Waals surface area contributed by atoms with Crippen molar-refractivity contribution in [3.05, 3.63) is 10.5 Å². The predicted molar refractivity (Wildman–Crippen MR) is 66.4 cm³/mol. The molecule has 13 nitrogen and oxygen atoms in total. The third kappa shape index (κ3) is 2.09. The summed E-state index contributed by atoms with van der Waals surface area (Å²) in [4.78, 5) is 20.7. The van der Waals surface area contributed by atoms with Gasteiger partial charge in [-0.05, 0) is 0 Å². The van der Waals surface area contributed by atoms with E-state index >= 15 is 0 Å². The highest BCUT2D eigenvalue weighted by atomic mass is 31.2. The fraction of sp³-hybridized carbons (Fsp3) is 0.556. The molecule has 1 aromatic heterocycles. The Hall–Kier alpha value is -1.89. The summed E-state index contributed by atoms with van der Waals surface area (Å²) < 4.78 is 31.6. The molecule has 1 saturated heterocycles. The van der Waals surface area contributed by atoms with Gasteiger partial charge in [0.2, 0.25) is 17.7 Å². The van der Waals surface area contributed by atoms with E-state index in [2.05, 4.69) is 15.1 Å². The van der Waals surface area contributed by atoms with Crippen LogP contribution in [0.25, 0.3) is 0 Å². The smallest absolute Gasteiger partial charge is 0.396 e. The molecule has 23 heavy (non-hydrogen) atoms. The molecule has 14 heteroatoms. The zero-order valence-electron chi connectivity index (χ0n) is 11.1. The topological polar surface area (TPSA) is 171 Å². The van der Waals surface area contributed by atoms with Gasteiger partial charge in [0.1, 0.15) is 12.2 Å². The molecule has 5 atom stereocenters. The number of fused-ring (bicyclic) bond motifs is 1. The maximum atomic E-state index is 12.0. The van der Waals surface area contributed by atoms with Crippen LogP contribution in [0.1, 0.15) is 0 Å². The van der Waals surface area contributed by atoms with Crippen molar-refractivity contribution < 1.29 is 43.1 Å². The van der Waals surface area contributed by atoms with Crippen LogP contribution in [-0.4, -0.2) is 56.2 Å². The van der Waals surface area contributed by atoms with Crippen molar-refractivity contribution in [3.8, 4) is 11.6 Å². The van der Waals surface area contributed by atoms with E-state index in [4.69, 9.17) is 23.7 Å². The Morgan fingerprint density at radius 2 is 2.17 bits per heavy atom. The van der Waals surface area contributed by atoms with Crippen LogP contribution in [0.3, 0.4) is 0 Å². The number of nitrogens with zero attached hydrogens (tertiary/aromatic N) is 2. The predicted octanol–water partition coefficient (Wildman–Crippen LogP) is -2.65. The third-order valence-electron chi connectivity index (χ3n) is 3.36. The second-order valence-corrected chi connectivity index (χ2v) is 6.25. The largest absolute Gasteiger partial charge is 0.611 e. The minimum absolute atomic E-state index is 0.180. The second kappa shape index (κ2) is 4.80. The number of hydrogen-bond acceptors (Lipinski definition) is 12. The second-order valence-electron chi connectivity index (χ2n) is 4.80. The third-order valence-corrected chi connectivity index (χ3v) is 4.48. The molecule has 4 heterocycles. The van der Waals surface area contributed by atoms with Crippen molar-refractivity contribution in [1.29, 1.82) is 0 Å². The first-order valence-corrected chi connectivity index (χ1v) is 7.78. The molecule has 0 radical (unpaired) electrons. The molecular formula is C9H10N3O10P. The van der Waals surface area contributed by atoms with Gasteiger partial charge in [-0.15, -0.1) is 9.35 Å². The lowest BCUT2D eigenvalue weighted by molar-refractivity contribution is -0.149. The molecule has 0 spiro atoms. The van der Waals surface area contributed by atoms with Crippen LogP contribution < -0.4 is 25.1 Å². The van der Waals surface area contributed by atoms with Gasteiger partial charge in [-0.25, -0.2) is 14.8 Å². The quantitative estimate of drug-likeness (QED) is 0.417. The van der Waals surface area contributed by atoms with Crippen molar-refractivity contribution in [3.63, 3.8) is 0 Å². The maximum Gasteiger partial charge on any atom is 0.611 e. The van der Waals surface area contributed by atoms with E-state index in [1.807, 2.05) is 0 Å². The molecule has 2 bridgehead atoms. The number of hydrogen-bond donors (Lipinski definition) is 4. The number of nitrogens with one attached hydrogen (secondary N) is 1. The average molecular weight is 351 g/mol. The lowest BCUT2D eigenvalue weighted by atomic mass is 10.1. The lowest BCUT2D eigenvalue weighted by Gasteiger charge is -2.22. The molecule has 3 aliphatic rings. The summed E-state index contributed by atoms with van der Waals surface area (Å²) in [5.41, 5.74) is 1.16. The fourth-order valence-corrected chi connectivity index (χ4v) is 3.31. The maximum absolute atomic E-state index is 12.0. The van der Waals surface area contributed by atoms with Gasteiger partial charge in [0.15, 0.2) is 6.29 Å². The number of rotatable bonds is 3. The highest BCUT2D eigenvalue weighted by Crippen LogP contribution is 2.62. The van der Waals surface area contributed by atoms with Crippen LogP contribution in [0.15, 0.2) is 4.79 Å². The number of phosphoric ester groups is 1. The highest BCUT2D eigenvalue weighted by molar-refractivity contribution is 7.49. The van der Waals surface area contributed by atoms with Crippen molar-refractivity contribution >= 4 is 13.6 Å². The molecule has 0 aromatic carbocycles. The number of ether oxygens (including phenoxy) is 1. The Morgan fingerprint density at radius 1 is 1.39 bits per heavy atom. The van der Waals surface area contributed by atoms with Crippen LogP contribution in [0, 0.1) is 0 Å². The van der Waals surface area contributed by atoms with E-state index in [1.165, 1.54) is 0 Å². The van der Waals surface area contributed by atoms with E-state index in [9.17, 15) is 19.6 Å². The molecule has 1 unspecified atom stereocenters. The Balaban J connectivity index is 1.71. The van der Waals surface area contributed by atoms with Gasteiger partial charge < -0.3 is 33.9 Å². The van der Waals surface area contributed by atoms with E-state index < -0.39 is 44.7 Å². The summed E-state index contributed by atoms with van der Waals surface area (Å²) in [6.45, 7) is -0.566. The van der Waals surface area contributed by atoms with Crippen molar-refractivity contribution in [2.75, 3.05) is 12.1 Å². The summed E-state index contributed by atoms with van der Waals surface area (Å²) >= 11 is 0. The number of anilines is 1. The SMILES string of the molecule is O=c1nc2c3c(n1O[C@H]1[C@H](O)[C@@H](CO)O[C@H]1O)NOP(=O)(O2)O3. The Morgan fingerprint density at radius 3 is 2.87 bits per heavy atom. The molecule has 4 rings (SSSR count). The number of aliphatic hydroxyl groups excluding tert-OH is 3. The van der Waals surface area contributed by atoms with Gasteiger partial charge >= 0.3 is 13.5 Å². The summed E-state index contributed by atoms with van der Waals surface area (Å²) in [5.74, 6) is -0.744. The van der Waals surface area contributed by atoms with Gasteiger partial charge in [-0.1, -0.05) is 0 Å². The van der Waals surface area contributed by atoms with Gasteiger partial charge in [-0.3, -0.25) is 0 Å². The van der Waals surface area contributed by atoms with E-state index in [0.717, 1.165) is 0 Å². The minimum atomic E-state index is -3.91. The van der Waals surface area contributed by atoms with Crippen molar-refractivity contribution in [2.45, 2.75) is 24.6 Å². The molecule has 3 aliphatic heterocycles. The fourth-order valence-electron chi connectivity index (χ4n) is 2.28. The number of aliphatic hydroxyl groups is 3. The summed E-state index contributed by atoms with van der Waals surface area (Å²) in [5, 5.41) is 28.7. The Bertz CT molecular complexity index is 767. The highest BCUT2D eigenvalue weighted by Gasteiger charge is 2.50. The minimum Gasteiger partial charge on any atom is -0.396 e. The molecule has 0 saturated carbocycles. The zero-order chi connectivity index (χ0) is 16.4. The first-order chi connectivity index (χ1) is 10.9.